The van der Waals surface area contributed by atoms with Crippen molar-refractivity contribution in [3.63, 3.8) is 0 Å². The first-order valence-corrected chi connectivity index (χ1v) is 14.0. The molecule has 1 fully saturated rings. The van der Waals surface area contributed by atoms with E-state index in [1.54, 1.807) is 21.3 Å². The fourth-order valence-electron chi connectivity index (χ4n) is 6.23. The number of ether oxygens (including phenoxy) is 5. The first-order valence-electron chi connectivity index (χ1n) is 14.0. The minimum atomic E-state index is -0.776. The molecule has 0 aliphatic carbocycles. The number of aliphatic hydroxyl groups excluding tert-OH is 1. The molecule has 41 heavy (non-hydrogen) atoms. The van der Waals surface area contributed by atoms with E-state index in [0.717, 1.165) is 34.6 Å². The number of quaternary nitrogens is 1. The average molecular weight is 565 g/mol. The highest BCUT2D eigenvalue weighted by Crippen LogP contribution is 2.50. The van der Waals surface area contributed by atoms with E-state index >= 15 is 0 Å². The van der Waals surface area contributed by atoms with Gasteiger partial charge in [-0.1, -0.05) is 54.6 Å². The second-order valence-corrected chi connectivity index (χ2v) is 10.4. The molecular weight excluding hydrogens is 522 g/mol. The molecule has 1 heterocycles. The van der Waals surface area contributed by atoms with Crippen LogP contribution in [0.15, 0.2) is 78.9 Å². The molecule has 8 nitrogen and oxygen atoms in total. The Hall–Kier alpha value is -3.27. The van der Waals surface area contributed by atoms with Crippen LogP contribution in [0.1, 0.15) is 23.1 Å². The number of carbonyl (C=O) groups is 1. The van der Waals surface area contributed by atoms with Crippen LogP contribution in [0.5, 0.6) is 11.5 Å². The van der Waals surface area contributed by atoms with Crippen molar-refractivity contribution in [2.45, 2.75) is 24.0 Å². The van der Waals surface area contributed by atoms with Crippen molar-refractivity contribution in [1.82, 2.24) is 0 Å². The van der Waals surface area contributed by atoms with Crippen molar-refractivity contribution >= 4 is 6.41 Å². The summed E-state index contributed by atoms with van der Waals surface area (Å²) < 4.78 is 27.5. The number of aliphatic hydroxyl groups is 1. The van der Waals surface area contributed by atoms with E-state index in [2.05, 4.69) is 36.4 Å². The van der Waals surface area contributed by atoms with Gasteiger partial charge in [-0.25, -0.2) is 4.79 Å². The zero-order chi connectivity index (χ0) is 29.1. The quantitative estimate of drug-likeness (QED) is 0.123. The number of hydrogen-bond donors (Lipinski definition) is 1. The predicted octanol–water partition coefficient (Wildman–Crippen LogP) is 3.82. The van der Waals surface area contributed by atoms with Gasteiger partial charge in [-0.05, 0) is 41.0 Å². The summed E-state index contributed by atoms with van der Waals surface area (Å²) >= 11 is 0. The van der Waals surface area contributed by atoms with Gasteiger partial charge in [0.15, 0.2) is 0 Å². The number of methoxy groups -OCH3 is 3. The summed E-state index contributed by atoms with van der Waals surface area (Å²) in [5, 5.41) is 11.2. The van der Waals surface area contributed by atoms with Crippen molar-refractivity contribution in [2.24, 2.45) is 0 Å². The molecule has 0 saturated carbocycles. The minimum absolute atomic E-state index is 0.0542. The lowest BCUT2D eigenvalue weighted by Gasteiger charge is -2.47. The van der Waals surface area contributed by atoms with Crippen molar-refractivity contribution in [1.29, 1.82) is 0 Å². The molecule has 220 valence electrons. The van der Waals surface area contributed by atoms with Crippen LogP contribution >= 0.6 is 0 Å². The molecule has 4 rings (SSSR count). The highest BCUT2D eigenvalue weighted by molar-refractivity contribution is 5.55. The van der Waals surface area contributed by atoms with Crippen LogP contribution in [0.4, 0.5) is 0 Å². The average Bonchev–Trinajstić information content (AvgIpc) is 3.36. The third-order valence-electron chi connectivity index (χ3n) is 8.15. The Morgan fingerprint density at radius 2 is 1.27 bits per heavy atom. The molecule has 8 heteroatoms. The van der Waals surface area contributed by atoms with Crippen molar-refractivity contribution in [2.75, 3.05) is 67.5 Å². The molecule has 3 aromatic carbocycles. The number of nitrogens with zero attached hydrogens (tertiary/aromatic N) is 1. The lowest BCUT2D eigenvalue weighted by molar-refractivity contribution is -0.863. The second-order valence-electron chi connectivity index (χ2n) is 10.4. The standard InChI is InChI=1S/C33H42NO7/c1-37-19-20-41-22-21-40-18-17-34(25-35)24-29(36)23-32(34)33(26-7-5-4-6-8-26,27-9-13-30(38-2)14-10-27)28-11-15-31(39-3)16-12-28/h4-16,25,29,32,36H,17-24H2,1-3H3/q+1. The summed E-state index contributed by atoms with van der Waals surface area (Å²) in [5.41, 5.74) is 2.27. The fourth-order valence-corrected chi connectivity index (χ4v) is 6.23. The Morgan fingerprint density at radius 1 is 0.756 bits per heavy atom. The minimum Gasteiger partial charge on any atom is -0.497 e. The number of rotatable bonds is 16. The van der Waals surface area contributed by atoms with E-state index in [9.17, 15) is 9.90 Å². The largest absolute Gasteiger partial charge is 0.497 e. The highest BCUT2D eigenvalue weighted by atomic mass is 16.5. The van der Waals surface area contributed by atoms with E-state index in [1.807, 2.05) is 42.5 Å². The van der Waals surface area contributed by atoms with Crippen molar-refractivity contribution < 1.29 is 38.1 Å². The van der Waals surface area contributed by atoms with Crippen LogP contribution in [0, 0.1) is 0 Å². The lowest BCUT2D eigenvalue weighted by Crippen LogP contribution is -2.61. The van der Waals surface area contributed by atoms with Gasteiger partial charge in [-0.3, -0.25) is 4.48 Å². The molecule has 0 spiro atoms. The van der Waals surface area contributed by atoms with Crippen LogP contribution in [0.3, 0.4) is 0 Å². The molecule has 3 aromatic rings. The summed E-state index contributed by atoms with van der Waals surface area (Å²) in [4.78, 5) is 13.2. The van der Waals surface area contributed by atoms with Crippen LogP contribution in [-0.2, 0) is 24.4 Å². The summed E-state index contributed by atoms with van der Waals surface area (Å²) in [7, 11) is 4.93. The van der Waals surface area contributed by atoms with E-state index in [1.165, 1.54) is 0 Å². The molecule has 3 unspecified atom stereocenters. The van der Waals surface area contributed by atoms with Gasteiger partial charge < -0.3 is 28.8 Å². The lowest BCUT2D eigenvalue weighted by atomic mass is 9.63. The van der Waals surface area contributed by atoms with E-state index in [4.69, 9.17) is 23.7 Å². The molecule has 1 aliphatic heterocycles. The van der Waals surface area contributed by atoms with E-state index in [0.29, 0.717) is 52.5 Å². The van der Waals surface area contributed by atoms with Gasteiger partial charge >= 0.3 is 6.41 Å². The third kappa shape index (κ3) is 6.63. The van der Waals surface area contributed by atoms with E-state index in [-0.39, 0.29) is 10.5 Å². The van der Waals surface area contributed by atoms with Gasteiger partial charge in [0.25, 0.3) is 0 Å². The SMILES string of the molecule is COCCOCCOCC[N+]1(C=O)CC(O)CC1C(c1ccccc1)(c1ccc(OC)cc1)c1ccc(OC)cc1. The number of carbonyl (C=O) groups excluding carboxylic acids is 1. The Balaban J connectivity index is 1.80. The van der Waals surface area contributed by atoms with Gasteiger partial charge in [0, 0.05) is 13.5 Å². The zero-order valence-corrected chi connectivity index (χ0v) is 24.2. The maximum atomic E-state index is 13.2. The first kappa shape index (κ1) is 30.7. The topological polar surface area (TPSA) is 83.5 Å². The highest BCUT2D eigenvalue weighted by Gasteiger charge is 2.59. The number of likely N-dealkylation sites (tertiary alicyclic amines) is 1. The van der Waals surface area contributed by atoms with Gasteiger partial charge in [-0.2, -0.15) is 0 Å². The zero-order valence-electron chi connectivity index (χ0n) is 24.2. The molecule has 1 amide bonds. The summed E-state index contributed by atoms with van der Waals surface area (Å²) in [5.74, 6) is 1.49. The smallest absolute Gasteiger partial charge is 0.301 e. The van der Waals surface area contributed by atoms with Crippen LogP contribution in [0.2, 0.25) is 0 Å². The monoisotopic (exact) mass is 564 g/mol. The first-order chi connectivity index (χ1) is 20.0. The molecule has 0 aromatic heterocycles. The molecule has 1 saturated heterocycles. The number of benzene rings is 3. The van der Waals surface area contributed by atoms with Crippen molar-refractivity contribution in [3.05, 3.63) is 95.6 Å². The van der Waals surface area contributed by atoms with Gasteiger partial charge in [0.2, 0.25) is 0 Å². The second kappa shape index (κ2) is 14.6. The van der Waals surface area contributed by atoms with Gasteiger partial charge in [-0.15, -0.1) is 0 Å². The predicted molar refractivity (Wildman–Crippen MR) is 156 cm³/mol. The Bertz CT molecular complexity index is 1160. The molecule has 0 bridgehead atoms. The number of amides is 1. The molecular formula is C33H42NO7+. The fraction of sp³-hybridized carbons (Fsp3) is 0.424. The normalized spacial score (nSPS) is 20.6. The Morgan fingerprint density at radius 3 is 1.78 bits per heavy atom. The Kier molecular flexibility index (Phi) is 10.9. The Labute approximate surface area is 243 Å². The van der Waals surface area contributed by atoms with Gasteiger partial charge in [0.1, 0.15) is 36.7 Å². The molecule has 1 aliphatic rings. The summed E-state index contributed by atoms with van der Waals surface area (Å²) in [6.07, 6.45) is 0.790. The summed E-state index contributed by atoms with van der Waals surface area (Å²) in [6.45, 7) is 2.98. The van der Waals surface area contributed by atoms with Crippen LogP contribution < -0.4 is 9.47 Å². The third-order valence-corrected chi connectivity index (χ3v) is 8.15. The maximum absolute atomic E-state index is 13.2. The van der Waals surface area contributed by atoms with Crippen LogP contribution in [-0.4, -0.2) is 95.6 Å². The van der Waals surface area contributed by atoms with E-state index < -0.39 is 11.5 Å². The molecule has 3 atom stereocenters. The van der Waals surface area contributed by atoms with Gasteiger partial charge in [0.05, 0.1) is 52.7 Å². The maximum Gasteiger partial charge on any atom is 0.301 e. The summed E-state index contributed by atoms with van der Waals surface area (Å²) in [6, 6.07) is 26.0. The van der Waals surface area contributed by atoms with Crippen molar-refractivity contribution in [3.8, 4) is 11.5 Å². The number of hydrogen-bond acceptors (Lipinski definition) is 7. The molecule has 1 N–H and O–H groups in total. The molecule has 0 radical (unpaired) electrons. The van der Waals surface area contributed by atoms with Crippen LogP contribution in [0.25, 0.3) is 0 Å².